The van der Waals surface area contributed by atoms with Crippen LogP contribution in [-0.2, 0) is 36.8 Å². The molecule has 0 spiro atoms. The summed E-state index contributed by atoms with van der Waals surface area (Å²) < 4.78 is 45.9. The first kappa shape index (κ1) is 60.9. The molecule has 5 saturated heterocycles. The number of piperazine rings is 2. The van der Waals surface area contributed by atoms with Gasteiger partial charge in [-0.3, -0.25) is 34.5 Å². The summed E-state index contributed by atoms with van der Waals surface area (Å²) in [5.41, 5.74) is 12.5. The van der Waals surface area contributed by atoms with E-state index in [0.29, 0.717) is 91.1 Å². The Balaban J connectivity index is 0.690. The Hall–Kier alpha value is -8.00. The average molecular weight is 1270 g/mol. The van der Waals surface area contributed by atoms with Gasteiger partial charge in [0.25, 0.3) is 5.91 Å². The molecule has 490 valence electrons. The van der Waals surface area contributed by atoms with Crippen molar-refractivity contribution in [2.24, 2.45) is 21.8 Å². The molecular weight excluding hydrogens is 1190 g/mol. The number of fused-ring (bicyclic) bond motifs is 11. The number of hydrogen-bond donors (Lipinski definition) is 1. The third-order valence-corrected chi connectivity index (χ3v) is 21.7. The maximum atomic E-state index is 17.1. The van der Waals surface area contributed by atoms with E-state index in [2.05, 4.69) is 45.5 Å². The number of likely N-dealkylation sites (tertiary alicyclic amines) is 2. The van der Waals surface area contributed by atoms with Crippen LogP contribution in [0.1, 0.15) is 166 Å². The van der Waals surface area contributed by atoms with Crippen molar-refractivity contribution < 1.29 is 42.5 Å². The van der Waals surface area contributed by atoms with Crippen LogP contribution in [0.4, 0.5) is 14.9 Å². The number of carbonyl (C=O) groups excluding carboxylic acids is 4. The number of hydrogen-bond acceptors (Lipinski definition) is 13. The molecule has 2 unspecified atom stereocenters. The summed E-state index contributed by atoms with van der Waals surface area (Å²) in [6.07, 6.45) is 18.9. The molecule has 7 aliphatic heterocycles. The van der Waals surface area contributed by atoms with E-state index in [1.807, 2.05) is 78.7 Å². The first-order valence-corrected chi connectivity index (χ1v) is 34.7. The Morgan fingerprint density at radius 2 is 1.63 bits per heavy atom. The third kappa shape index (κ3) is 11.7. The molecule has 4 aromatic carbocycles. The fraction of sp³-hybridized carbons (Fsp3) is 0.507. The Bertz CT molecular complexity index is 4050. The monoisotopic (exact) mass is 1270 g/mol. The standard InChI is InChI=1S/C75H85FN10O8/c1-43-30-62(84-40-52-34-51(84)41-85(52)65(88)42-93-75(3,4)5)58-35-55(49-16-17-49)68(67-44(2)60(76)37-63-59(67)38-77-86(63)66-8-6-7-28-91-66)70(69(58)80-72(43)94-53-18-11-46-31-47(32-46)12-19-53)92-29-22-45-9-14-50(15-10-45)73(89)82-26-24-81(25-27-82)39-48-13-20-54-56(33-48)57-36-61(57)78-71(54)83-23-21-64(87)79-74(83)90/h9-10,13-15,20,30,33,35-38,46-47,49,51-53,61,66H,1,6-8,11-12,16-19,21-29,31-32,34,39-42H2,2-5H3,(H,79,87,90)/t46?,47?,51-,52-,53?,61?,66?/m0/s1. The van der Waals surface area contributed by atoms with Gasteiger partial charge in [0.15, 0.2) is 12.0 Å². The highest BCUT2D eigenvalue weighted by Gasteiger charge is 2.48. The molecule has 12 aliphatic rings. The van der Waals surface area contributed by atoms with Gasteiger partial charge in [0.1, 0.15) is 30.1 Å². The second-order valence-electron chi connectivity index (χ2n) is 29.3. The first-order chi connectivity index (χ1) is 45.5. The molecule has 4 atom stereocenters. The molecule has 94 heavy (non-hydrogen) atoms. The molecular formula is C75H85FN10O8. The molecule has 5 aromatic rings. The minimum atomic E-state index is -0.438. The Kier molecular flexibility index (Phi) is 15.8. The van der Waals surface area contributed by atoms with Crippen molar-refractivity contribution in [2.75, 3.05) is 65.6 Å². The van der Waals surface area contributed by atoms with E-state index in [1.54, 1.807) is 11.0 Å². The SMILES string of the molecule is C=C1C=C(N2C[C@@H]3C[C@H]2CN3C(=O)COC(C)(C)C)c2cc(C3CC3)c(-c3c(C)c(F)cc4c3cnn4C3CCCCO3)c(OCCc3ccc(C(=O)N4CCN(Cc5ccc6c(c5)C5=CC5N=C6N5CCC(=O)NC5=O)CC4)cc3)c2N=C1OC1CCC2CC(CC1)C2. The number of carbonyl (C=O) groups is 4. The van der Waals surface area contributed by atoms with Gasteiger partial charge in [-0.15, -0.1) is 0 Å². The van der Waals surface area contributed by atoms with Crippen molar-refractivity contribution in [3.05, 3.63) is 135 Å². The van der Waals surface area contributed by atoms with Crippen LogP contribution in [0.15, 0.2) is 95.1 Å². The van der Waals surface area contributed by atoms with Gasteiger partial charge in [0.2, 0.25) is 17.7 Å². The quantitative estimate of drug-likeness (QED) is 0.112. The summed E-state index contributed by atoms with van der Waals surface area (Å²) in [6.45, 7) is 18.3. The number of halogens is 1. The largest absolute Gasteiger partial charge is 0.490 e. The van der Waals surface area contributed by atoms with Crippen molar-refractivity contribution in [2.45, 2.75) is 166 Å². The number of aromatic nitrogens is 2. The number of amidine groups is 1. The van der Waals surface area contributed by atoms with Crippen LogP contribution in [0.3, 0.4) is 0 Å². The highest BCUT2D eigenvalue weighted by molar-refractivity contribution is 6.17. The average Bonchev–Trinajstić information content (AvgIpc) is 1.74. The molecule has 5 amide bonds. The first-order valence-electron chi connectivity index (χ1n) is 34.7. The molecule has 9 fully saturated rings. The highest BCUT2D eigenvalue weighted by atomic mass is 19.1. The minimum absolute atomic E-state index is 0.000164. The zero-order valence-corrected chi connectivity index (χ0v) is 54.6. The number of nitrogens with zero attached hydrogens (tertiary/aromatic N) is 9. The number of nitrogens with one attached hydrogen (secondary N) is 1. The lowest BCUT2D eigenvalue weighted by molar-refractivity contribution is -0.143. The zero-order chi connectivity index (χ0) is 64.3. The van der Waals surface area contributed by atoms with Crippen LogP contribution in [0, 0.1) is 24.6 Å². The number of ether oxygens (including phenoxy) is 4. The Morgan fingerprint density at radius 1 is 0.840 bits per heavy atom. The number of rotatable bonds is 14. The lowest BCUT2D eigenvalue weighted by atomic mass is 9.68. The summed E-state index contributed by atoms with van der Waals surface area (Å²) in [5.74, 6) is 2.71. The normalized spacial score (nSPS) is 25.8. The van der Waals surface area contributed by atoms with E-state index in [1.165, 1.54) is 12.8 Å². The molecule has 8 heterocycles. The van der Waals surface area contributed by atoms with Crippen LogP contribution < -0.4 is 10.1 Å². The van der Waals surface area contributed by atoms with Gasteiger partial charge in [-0.2, -0.15) is 5.10 Å². The van der Waals surface area contributed by atoms with Crippen molar-refractivity contribution >= 4 is 63.3 Å². The molecule has 19 heteroatoms. The summed E-state index contributed by atoms with van der Waals surface area (Å²) in [5, 5.41) is 8.23. The number of aliphatic imine (C=N–C) groups is 2. The highest BCUT2D eigenvalue weighted by Crippen LogP contribution is 2.57. The van der Waals surface area contributed by atoms with Gasteiger partial charge in [0, 0.05) is 128 Å². The molecule has 4 bridgehead atoms. The molecule has 1 aromatic heterocycles. The zero-order valence-electron chi connectivity index (χ0n) is 54.6. The summed E-state index contributed by atoms with van der Waals surface area (Å²) in [4.78, 5) is 73.7. The van der Waals surface area contributed by atoms with Crippen molar-refractivity contribution in [1.82, 2.24) is 39.6 Å². The van der Waals surface area contributed by atoms with E-state index in [0.717, 1.165) is 157 Å². The minimum Gasteiger partial charge on any atom is -0.490 e. The molecule has 5 aliphatic carbocycles. The molecule has 1 N–H and O–H groups in total. The van der Waals surface area contributed by atoms with E-state index in [9.17, 15) is 19.2 Å². The van der Waals surface area contributed by atoms with E-state index in [4.69, 9.17) is 40.6 Å². The predicted molar refractivity (Wildman–Crippen MR) is 357 cm³/mol. The van der Waals surface area contributed by atoms with Crippen LogP contribution in [-0.4, -0.2) is 165 Å². The van der Waals surface area contributed by atoms with Crippen LogP contribution >= 0.6 is 0 Å². The predicted octanol–water partition coefficient (Wildman–Crippen LogP) is 11.8. The fourth-order valence-electron chi connectivity index (χ4n) is 16.3. The van der Waals surface area contributed by atoms with Gasteiger partial charge in [-0.1, -0.05) is 30.8 Å². The van der Waals surface area contributed by atoms with Gasteiger partial charge in [-0.25, -0.2) is 18.9 Å². The lowest BCUT2D eigenvalue weighted by Crippen LogP contribution is -2.52. The molecule has 17 rings (SSSR count). The second kappa shape index (κ2) is 24.3. The van der Waals surface area contributed by atoms with Crippen molar-refractivity contribution in [3.8, 4) is 16.9 Å². The summed E-state index contributed by atoms with van der Waals surface area (Å²) in [6, 6.07) is 17.7. The van der Waals surface area contributed by atoms with Crippen molar-refractivity contribution in [1.29, 1.82) is 0 Å². The fourth-order valence-corrected chi connectivity index (χ4v) is 16.3. The third-order valence-electron chi connectivity index (χ3n) is 21.7. The van der Waals surface area contributed by atoms with Crippen molar-refractivity contribution in [3.63, 3.8) is 0 Å². The summed E-state index contributed by atoms with van der Waals surface area (Å²) >= 11 is 0. The maximum Gasteiger partial charge on any atom is 0.329 e. The molecule has 4 saturated carbocycles. The molecule has 18 nitrogen and oxygen atoms in total. The number of urea groups is 1. The van der Waals surface area contributed by atoms with Crippen LogP contribution in [0.25, 0.3) is 33.3 Å². The van der Waals surface area contributed by atoms with Gasteiger partial charge in [0.05, 0.1) is 36.0 Å². The van der Waals surface area contributed by atoms with Gasteiger partial charge in [-0.05, 0) is 192 Å². The Morgan fingerprint density at radius 3 is 2.35 bits per heavy atom. The van der Waals surface area contributed by atoms with E-state index >= 15 is 4.39 Å². The molecule has 0 radical (unpaired) electrons. The summed E-state index contributed by atoms with van der Waals surface area (Å²) in [7, 11) is 0. The lowest BCUT2D eigenvalue weighted by Gasteiger charge is -2.39. The van der Waals surface area contributed by atoms with Gasteiger partial charge >= 0.3 is 6.03 Å². The van der Waals surface area contributed by atoms with E-state index < -0.39 is 11.6 Å². The van der Waals surface area contributed by atoms with Crippen LogP contribution in [0.5, 0.6) is 5.75 Å². The Labute approximate surface area is 548 Å². The van der Waals surface area contributed by atoms with Crippen LogP contribution in [0.2, 0.25) is 0 Å². The van der Waals surface area contributed by atoms with Gasteiger partial charge < -0.3 is 33.6 Å². The number of imide groups is 1. The number of amides is 5. The second-order valence-corrected chi connectivity index (χ2v) is 29.3. The maximum absolute atomic E-state index is 17.1. The number of benzene rings is 4. The topological polar surface area (TPSA) is 176 Å². The van der Waals surface area contributed by atoms with E-state index in [-0.39, 0.29) is 79.5 Å². The smallest absolute Gasteiger partial charge is 0.329 e.